The molecule has 0 atom stereocenters. The lowest BCUT2D eigenvalue weighted by Gasteiger charge is -2.09. The molecule has 0 aliphatic heterocycles. The summed E-state index contributed by atoms with van der Waals surface area (Å²) in [7, 11) is 1.87. The number of phenolic OH excluding ortho intramolecular Hbond substituents is 1. The molecule has 0 bridgehead atoms. The van der Waals surface area contributed by atoms with Gasteiger partial charge in [0.25, 0.3) is 0 Å². The zero-order chi connectivity index (χ0) is 21.8. The van der Waals surface area contributed by atoms with Gasteiger partial charge in [-0.25, -0.2) is 9.78 Å². The summed E-state index contributed by atoms with van der Waals surface area (Å²) in [5.41, 5.74) is 3.42. The topological polar surface area (TPSA) is 88.1 Å². The van der Waals surface area contributed by atoms with Crippen molar-refractivity contribution in [2.24, 2.45) is 7.05 Å². The molecule has 0 aliphatic rings. The first-order valence-corrected chi connectivity index (χ1v) is 11.4. The van der Waals surface area contributed by atoms with E-state index in [4.69, 9.17) is 4.74 Å². The maximum atomic E-state index is 12.8. The summed E-state index contributed by atoms with van der Waals surface area (Å²) in [4.78, 5) is 17.4. The van der Waals surface area contributed by atoms with Crippen molar-refractivity contribution < 1.29 is 14.6 Å². The van der Waals surface area contributed by atoms with E-state index in [0.29, 0.717) is 31.8 Å². The number of nitrogens with zero attached hydrogens (tertiary/aromatic N) is 3. The van der Waals surface area contributed by atoms with Gasteiger partial charge >= 0.3 is 5.97 Å². The van der Waals surface area contributed by atoms with Crippen molar-refractivity contribution in [1.82, 2.24) is 9.55 Å². The van der Waals surface area contributed by atoms with Crippen molar-refractivity contribution in [3.63, 3.8) is 0 Å². The van der Waals surface area contributed by atoms with Crippen LogP contribution in [0.2, 0.25) is 0 Å². The quantitative estimate of drug-likeness (QED) is 0.357. The largest absolute Gasteiger partial charge is 0.507 e. The number of rotatable bonds is 7. The number of aromatic hydroxyl groups is 1. The monoisotopic (exact) mass is 487 g/mol. The highest BCUT2D eigenvalue weighted by atomic mass is 79.9. The van der Waals surface area contributed by atoms with Crippen LogP contribution in [0, 0.1) is 11.3 Å². The van der Waals surface area contributed by atoms with Crippen LogP contribution in [-0.2, 0) is 24.0 Å². The van der Waals surface area contributed by atoms with E-state index in [2.05, 4.69) is 33.9 Å². The molecule has 0 unspecified atom stereocenters. The standard InChI is InChI=1S/C22H22BrN3O3S/c1-4-6-14-8-7-13(11-24)21(25-14)30-12-18-20(22(28)29-5-2)15-9-19(27)16(23)10-17(15)26(18)3/h7-10,27H,4-6,12H2,1-3H3. The van der Waals surface area contributed by atoms with Gasteiger partial charge in [-0.2, -0.15) is 5.26 Å². The average Bonchev–Trinajstić information content (AvgIpc) is 2.98. The first kappa shape index (κ1) is 22.2. The van der Waals surface area contributed by atoms with E-state index in [1.165, 1.54) is 11.8 Å². The zero-order valence-electron chi connectivity index (χ0n) is 17.0. The fraction of sp³-hybridized carbons (Fsp3) is 0.318. The number of carbonyl (C=O) groups excluding carboxylic acids is 1. The predicted octanol–water partition coefficient (Wildman–Crippen LogP) is 5.33. The van der Waals surface area contributed by atoms with Gasteiger partial charge in [0.1, 0.15) is 16.8 Å². The normalized spacial score (nSPS) is 10.9. The lowest BCUT2D eigenvalue weighted by Crippen LogP contribution is -2.08. The third-order valence-corrected chi connectivity index (χ3v) is 6.40. The Hall–Kier alpha value is -2.50. The van der Waals surface area contributed by atoms with Crippen molar-refractivity contribution in [2.75, 3.05) is 6.61 Å². The summed E-state index contributed by atoms with van der Waals surface area (Å²) in [6.07, 6.45) is 1.81. The molecule has 156 valence electrons. The summed E-state index contributed by atoms with van der Waals surface area (Å²) in [5, 5.41) is 20.9. The van der Waals surface area contributed by atoms with Gasteiger partial charge in [0.2, 0.25) is 0 Å². The van der Waals surface area contributed by atoms with Crippen molar-refractivity contribution in [2.45, 2.75) is 37.5 Å². The van der Waals surface area contributed by atoms with E-state index >= 15 is 0 Å². The van der Waals surface area contributed by atoms with Gasteiger partial charge in [-0.3, -0.25) is 0 Å². The van der Waals surface area contributed by atoms with Crippen LogP contribution in [-0.4, -0.2) is 27.2 Å². The minimum Gasteiger partial charge on any atom is -0.507 e. The molecule has 30 heavy (non-hydrogen) atoms. The molecule has 0 radical (unpaired) electrons. The molecule has 3 aromatic rings. The number of ether oxygens (including phenoxy) is 1. The molecule has 1 N–H and O–H groups in total. The molecule has 0 aliphatic carbocycles. The van der Waals surface area contributed by atoms with Crippen molar-refractivity contribution in [3.05, 3.63) is 51.3 Å². The van der Waals surface area contributed by atoms with Crippen LogP contribution in [0.3, 0.4) is 0 Å². The SMILES string of the molecule is CCCc1ccc(C#N)c(SCc2c(C(=O)OCC)c3cc(O)c(Br)cc3n2C)n1. The first-order valence-electron chi connectivity index (χ1n) is 9.60. The average molecular weight is 488 g/mol. The second-order valence-electron chi connectivity index (χ2n) is 6.73. The van der Waals surface area contributed by atoms with Gasteiger partial charge in [-0.15, -0.1) is 0 Å². The van der Waals surface area contributed by atoms with Crippen molar-refractivity contribution in [3.8, 4) is 11.8 Å². The van der Waals surface area contributed by atoms with Gasteiger partial charge in [-0.05, 0) is 53.5 Å². The third kappa shape index (κ3) is 4.32. The number of carbonyl (C=O) groups is 1. The first-order chi connectivity index (χ1) is 14.4. The Labute approximate surface area is 188 Å². The number of thioether (sulfide) groups is 1. The molecule has 0 spiro atoms. The van der Waals surface area contributed by atoms with E-state index < -0.39 is 5.97 Å². The molecule has 0 fully saturated rings. The minimum atomic E-state index is -0.436. The maximum Gasteiger partial charge on any atom is 0.340 e. The molecular formula is C22H22BrN3O3S. The number of aromatic nitrogens is 2. The second-order valence-corrected chi connectivity index (χ2v) is 8.55. The van der Waals surface area contributed by atoms with Crippen LogP contribution in [0.15, 0.2) is 33.8 Å². The number of fused-ring (bicyclic) bond motifs is 1. The fourth-order valence-electron chi connectivity index (χ4n) is 3.30. The molecule has 0 saturated carbocycles. The van der Waals surface area contributed by atoms with E-state index in [1.807, 2.05) is 17.7 Å². The molecule has 0 amide bonds. The Bertz CT molecular complexity index is 1150. The lowest BCUT2D eigenvalue weighted by atomic mass is 10.1. The molecule has 2 aromatic heterocycles. The molecular weight excluding hydrogens is 466 g/mol. The maximum absolute atomic E-state index is 12.8. The summed E-state index contributed by atoms with van der Waals surface area (Å²) in [6, 6.07) is 9.22. The molecule has 3 rings (SSSR count). The van der Waals surface area contributed by atoms with Gasteiger partial charge in [0.05, 0.1) is 27.7 Å². The highest BCUT2D eigenvalue weighted by molar-refractivity contribution is 9.10. The van der Waals surface area contributed by atoms with Crippen LogP contribution in [0.5, 0.6) is 5.75 Å². The van der Waals surface area contributed by atoms with Gasteiger partial charge < -0.3 is 14.4 Å². The second kappa shape index (κ2) is 9.54. The number of hydrogen-bond acceptors (Lipinski definition) is 6. The smallest absolute Gasteiger partial charge is 0.340 e. The van der Waals surface area contributed by atoms with Gasteiger partial charge in [0, 0.05) is 29.6 Å². The Morgan fingerprint density at radius 1 is 1.37 bits per heavy atom. The number of aryl methyl sites for hydroxylation is 2. The van der Waals surface area contributed by atoms with E-state index in [-0.39, 0.29) is 12.4 Å². The summed E-state index contributed by atoms with van der Waals surface area (Å²) in [6.45, 7) is 4.10. The number of phenols is 1. The van der Waals surface area contributed by atoms with Crippen LogP contribution in [0.4, 0.5) is 0 Å². The van der Waals surface area contributed by atoms with Gasteiger partial charge in [0.15, 0.2) is 0 Å². The number of pyridine rings is 1. The van der Waals surface area contributed by atoms with Crippen LogP contribution in [0.25, 0.3) is 10.9 Å². The number of esters is 1. The lowest BCUT2D eigenvalue weighted by molar-refractivity contribution is 0.0527. The number of halogens is 1. The van der Waals surface area contributed by atoms with Crippen LogP contribution < -0.4 is 0 Å². The van der Waals surface area contributed by atoms with E-state index in [0.717, 1.165) is 29.7 Å². The van der Waals surface area contributed by atoms with Gasteiger partial charge in [-0.1, -0.05) is 25.1 Å². The Kier molecular flexibility index (Phi) is 7.06. The molecule has 8 heteroatoms. The minimum absolute atomic E-state index is 0.0542. The van der Waals surface area contributed by atoms with Crippen LogP contribution in [0.1, 0.15) is 47.6 Å². The predicted molar refractivity (Wildman–Crippen MR) is 121 cm³/mol. The fourth-order valence-corrected chi connectivity index (χ4v) is 4.70. The van der Waals surface area contributed by atoms with Crippen molar-refractivity contribution in [1.29, 1.82) is 5.26 Å². The summed E-state index contributed by atoms with van der Waals surface area (Å²) >= 11 is 4.75. The number of hydrogen-bond donors (Lipinski definition) is 1. The number of nitriles is 1. The Morgan fingerprint density at radius 3 is 2.80 bits per heavy atom. The van der Waals surface area contributed by atoms with Crippen molar-refractivity contribution >= 4 is 44.6 Å². The molecule has 2 heterocycles. The summed E-state index contributed by atoms with van der Waals surface area (Å²) in [5.74, 6) is 0.0433. The Morgan fingerprint density at radius 2 is 2.13 bits per heavy atom. The molecule has 6 nitrogen and oxygen atoms in total. The molecule has 1 aromatic carbocycles. The van der Waals surface area contributed by atoms with E-state index in [9.17, 15) is 15.2 Å². The third-order valence-electron chi connectivity index (χ3n) is 4.76. The molecule has 0 saturated heterocycles. The Balaban J connectivity index is 2.07. The highest BCUT2D eigenvalue weighted by Gasteiger charge is 2.24. The summed E-state index contributed by atoms with van der Waals surface area (Å²) < 4.78 is 7.75. The highest BCUT2D eigenvalue weighted by Crippen LogP contribution is 2.36. The van der Waals surface area contributed by atoms with Crippen LogP contribution >= 0.6 is 27.7 Å². The zero-order valence-corrected chi connectivity index (χ0v) is 19.4. The number of benzene rings is 1. The van der Waals surface area contributed by atoms with E-state index in [1.54, 1.807) is 25.1 Å².